The fourth-order valence-electron chi connectivity index (χ4n) is 1.42. The van der Waals surface area contributed by atoms with Crippen LogP contribution in [0.15, 0.2) is 23.1 Å². The Bertz CT molecular complexity index is 522. The van der Waals surface area contributed by atoms with Gasteiger partial charge in [0.15, 0.2) is 9.84 Å². The van der Waals surface area contributed by atoms with Gasteiger partial charge in [-0.15, -0.1) is 0 Å². The number of esters is 1. The molecule has 0 aliphatic heterocycles. The Morgan fingerprint density at radius 2 is 2.06 bits per heavy atom. The largest absolute Gasteiger partial charge is 0.469 e. The van der Waals surface area contributed by atoms with Gasteiger partial charge in [-0.1, -0.05) is 6.07 Å². The summed E-state index contributed by atoms with van der Waals surface area (Å²) < 4.78 is 40.3. The first-order valence-electron chi connectivity index (χ1n) is 4.90. The molecular formula is C11H13FO4S. The van der Waals surface area contributed by atoms with Crippen molar-refractivity contribution in [1.82, 2.24) is 0 Å². The molecule has 1 aromatic carbocycles. The minimum Gasteiger partial charge on any atom is -0.469 e. The van der Waals surface area contributed by atoms with Crippen LogP contribution in [0.3, 0.4) is 0 Å². The van der Waals surface area contributed by atoms with Crippen molar-refractivity contribution in [1.29, 1.82) is 0 Å². The number of rotatable bonds is 4. The molecular weight excluding hydrogens is 247 g/mol. The monoisotopic (exact) mass is 260 g/mol. The van der Waals surface area contributed by atoms with Gasteiger partial charge in [0.1, 0.15) is 5.82 Å². The van der Waals surface area contributed by atoms with Crippen LogP contribution in [0.25, 0.3) is 0 Å². The predicted molar refractivity (Wildman–Crippen MR) is 59.8 cm³/mol. The molecule has 94 valence electrons. The molecule has 0 aliphatic rings. The van der Waals surface area contributed by atoms with E-state index in [1.54, 1.807) is 0 Å². The summed E-state index contributed by atoms with van der Waals surface area (Å²) in [7, 11) is -2.25. The summed E-state index contributed by atoms with van der Waals surface area (Å²) in [5.41, 5.74) is 0.416. The lowest BCUT2D eigenvalue weighted by molar-refractivity contribution is -0.140. The highest BCUT2D eigenvalue weighted by atomic mass is 32.2. The van der Waals surface area contributed by atoms with Crippen LogP contribution in [0.2, 0.25) is 0 Å². The Balaban J connectivity index is 3.04. The minimum absolute atomic E-state index is 0.0602. The fraction of sp³-hybridized carbons (Fsp3) is 0.364. The molecule has 17 heavy (non-hydrogen) atoms. The van der Waals surface area contributed by atoms with Crippen LogP contribution < -0.4 is 0 Å². The Hall–Kier alpha value is -1.43. The molecule has 0 atom stereocenters. The second-order valence-electron chi connectivity index (χ2n) is 3.60. The zero-order chi connectivity index (χ0) is 13.1. The molecule has 0 radical (unpaired) electrons. The standard InChI is InChI=1S/C11H13FO4S/c1-16-11(13)6-4-8-3-5-9(12)7-10(8)17(2,14)15/h3,5,7H,4,6H2,1-2H3. The van der Waals surface area contributed by atoms with Gasteiger partial charge in [-0.3, -0.25) is 4.79 Å². The summed E-state index contributed by atoms with van der Waals surface area (Å²) in [5.74, 6) is -1.05. The molecule has 0 fully saturated rings. The van der Waals surface area contributed by atoms with Crippen LogP contribution in [0.5, 0.6) is 0 Å². The fourth-order valence-corrected chi connectivity index (χ4v) is 2.39. The highest BCUT2D eigenvalue weighted by molar-refractivity contribution is 7.90. The average molecular weight is 260 g/mol. The predicted octanol–water partition coefficient (Wildman–Crippen LogP) is 1.33. The smallest absolute Gasteiger partial charge is 0.305 e. The molecule has 0 spiro atoms. The Kier molecular flexibility index (Phi) is 4.22. The molecule has 0 saturated carbocycles. The summed E-state index contributed by atoms with van der Waals surface area (Å²) in [6, 6.07) is 3.50. The SMILES string of the molecule is COC(=O)CCc1ccc(F)cc1S(C)(=O)=O. The maximum atomic E-state index is 13.0. The highest BCUT2D eigenvalue weighted by Crippen LogP contribution is 2.18. The first-order chi connectivity index (χ1) is 7.84. The molecule has 0 N–H and O–H groups in total. The molecule has 1 aromatic rings. The molecule has 4 nitrogen and oxygen atoms in total. The number of aryl methyl sites for hydroxylation is 1. The molecule has 0 bridgehead atoms. The first kappa shape index (κ1) is 13.6. The maximum Gasteiger partial charge on any atom is 0.305 e. The van der Waals surface area contributed by atoms with E-state index in [0.29, 0.717) is 5.56 Å². The van der Waals surface area contributed by atoms with E-state index >= 15 is 0 Å². The van der Waals surface area contributed by atoms with E-state index in [1.165, 1.54) is 19.2 Å². The van der Waals surface area contributed by atoms with Crippen molar-refractivity contribution in [3.63, 3.8) is 0 Å². The van der Waals surface area contributed by atoms with Crippen molar-refractivity contribution in [3.8, 4) is 0 Å². The molecule has 0 aliphatic carbocycles. The van der Waals surface area contributed by atoms with E-state index in [9.17, 15) is 17.6 Å². The van der Waals surface area contributed by atoms with Gasteiger partial charge in [-0.05, 0) is 24.1 Å². The second-order valence-corrected chi connectivity index (χ2v) is 5.58. The molecule has 0 unspecified atom stereocenters. The second kappa shape index (κ2) is 5.27. The quantitative estimate of drug-likeness (QED) is 0.766. The average Bonchev–Trinajstić information content (AvgIpc) is 2.25. The Morgan fingerprint density at radius 1 is 1.41 bits per heavy atom. The number of ether oxygens (including phenoxy) is 1. The summed E-state index contributed by atoms with van der Waals surface area (Å²) in [4.78, 5) is 10.9. The number of methoxy groups -OCH3 is 1. The third kappa shape index (κ3) is 3.81. The van der Waals surface area contributed by atoms with Crippen LogP contribution >= 0.6 is 0 Å². The number of hydrogen-bond donors (Lipinski definition) is 0. The van der Waals surface area contributed by atoms with Crippen molar-refractivity contribution < 1.29 is 22.3 Å². The normalized spacial score (nSPS) is 11.2. The number of halogens is 1. The molecule has 6 heteroatoms. The molecule has 1 rings (SSSR count). The maximum absolute atomic E-state index is 13.0. The summed E-state index contributed by atoms with van der Waals surface area (Å²) >= 11 is 0. The van der Waals surface area contributed by atoms with E-state index in [2.05, 4.69) is 4.74 Å². The number of hydrogen-bond acceptors (Lipinski definition) is 4. The van der Waals surface area contributed by atoms with Crippen molar-refractivity contribution in [3.05, 3.63) is 29.6 Å². The van der Waals surface area contributed by atoms with Crippen molar-refractivity contribution in [2.45, 2.75) is 17.7 Å². The minimum atomic E-state index is -3.50. The van der Waals surface area contributed by atoms with Gasteiger partial charge in [0, 0.05) is 12.7 Å². The van der Waals surface area contributed by atoms with E-state index in [0.717, 1.165) is 12.3 Å². The molecule has 0 saturated heterocycles. The summed E-state index contributed by atoms with van der Waals surface area (Å²) in [5, 5.41) is 0. The lowest BCUT2D eigenvalue weighted by atomic mass is 10.1. The van der Waals surface area contributed by atoms with Crippen molar-refractivity contribution >= 4 is 15.8 Å². The number of carbonyl (C=O) groups excluding carboxylic acids is 1. The number of benzene rings is 1. The topological polar surface area (TPSA) is 60.4 Å². The van der Waals surface area contributed by atoms with Crippen LogP contribution in [0, 0.1) is 5.82 Å². The highest BCUT2D eigenvalue weighted by Gasteiger charge is 2.15. The third-order valence-electron chi connectivity index (χ3n) is 2.25. The lowest BCUT2D eigenvalue weighted by Crippen LogP contribution is -2.07. The lowest BCUT2D eigenvalue weighted by Gasteiger charge is -2.07. The number of sulfone groups is 1. The van der Waals surface area contributed by atoms with E-state index in [1.807, 2.05) is 0 Å². The van der Waals surface area contributed by atoms with Gasteiger partial charge in [0.05, 0.1) is 12.0 Å². The molecule has 0 heterocycles. The Labute approximate surface area is 99.3 Å². The van der Waals surface area contributed by atoms with Gasteiger partial charge in [-0.25, -0.2) is 12.8 Å². The van der Waals surface area contributed by atoms with Crippen LogP contribution in [-0.4, -0.2) is 27.8 Å². The van der Waals surface area contributed by atoms with Crippen LogP contribution in [0.1, 0.15) is 12.0 Å². The van der Waals surface area contributed by atoms with Gasteiger partial charge in [0.25, 0.3) is 0 Å². The zero-order valence-corrected chi connectivity index (χ0v) is 10.4. The zero-order valence-electron chi connectivity index (χ0n) is 9.57. The van der Waals surface area contributed by atoms with Gasteiger partial charge >= 0.3 is 5.97 Å². The van der Waals surface area contributed by atoms with E-state index < -0.39 is 21.6 Å². The number of carbonyl (C=O) groups is 1. The van der Waals surface area contributed by atoms with Gasteiger partial charge < -0.3 is 4.74 Å². The first-order valence-corrected chi connectivity index (χ1v) is 6.79. The van der Waals surface area contributed by atoms with E-state index in [4.69, 9.17) is 0 Å². The summed E-state index contributed by atoms with van der Waals surface area (Å²) in [6.07, 6.45) is 1.27. The van der Waals surface area contributed by atoms with Crippen LogP contribution in [0.4, 0.5) is 4.39 Å². The van der Waals surface area contributed by atoms with Crippen LogP contribution in [-0.2, 0) is 25.8 Å². The molecule has 0 amide bonds. The Morgan fingerprint density at radius 3 is 2.59 bits per heavy atom. The molecule has 0 aromatic heterocycles. The van der Waals surface area contributed by atoms with E-state index in [-0.39, 0.29) is 17.7 Å². The summed E-state index contributed by atoms with van der Waals surface area (Å²) in [6.45, 7) is 0. The van der Waals surface area contributed by atoms with Gasteiger partial charge in [-0.2, -0.15) is 0 Å². The third-order valence-corrected chi connectivity index (χ3v) is 3.43. The van der Waals surface area contributed by atoms with Gasteiger partial charge in [0.2, 0.25) is 0 Å². The van der Waals surface area contributed by atoms with Crippen molar-refractivity contribution in [2.24, 2.45) is 0 Å². The van der Waals surface area contributed by atoms with Crippen molar-refractivity contribution in [2.75, 3.05) is 13.4 Å².